The van der Waals surface area contributed by atoms with E-state index in [1.165, 1.54) is 12.1 Å². The number of hydrogen-bond donors (Lipinski definition) is 1. The molecular weight excluding hydrogens is 302 g/mol. The number of piperazine rings is 1. The van der Waals surface area contributed by atoms with Crippen LogP contribution in [0.2, 0.25) is 0 Å². The van der Waals surface area contributed by atoms with Gasteiger partial charge in [0.2, 0.25) is 0 Å². The van der Waals surface area contributed by atoms with Crippen LogP contribution in [0.4, 0.5) is 8.78 Å². The normalized spacial score (nSPS) is 21.5. The molecule has 2 unspecified atom stereocenters. The minimum Gasteiger partial charge on any atom is -0.387 e. The Morgan fingerprint density at radius 1 is 1.35 bits per heavy atom. The van der Waals surface area contributed by atoms with E-state index in [1.807, 2.05) is 0 Å². The quantitative estimate of drug-likeness (QED) is 0.831. The van der Waals surface area contributed by atoms with Crippen LogP contribution in [0.3, 0.4) is 0 Å². The molecule has 2 atom stereocenters. The van der Waals surface area contributed by atoms with E-state index in [0.29, 0.717) is 19.2 Å². The first-order chi connectivity index (χ1) is 11.0. The number of hydrogen-bond acceptors (Lipinski definition) is 4. The molecule has 1 aliphatic heterocycles. The molecule has 1 N–H and O–H groups in total. The van der Waals surface area contributed by atoms with Crippen molar-refractivity contribution in [1.29, 1.82) is 0 Å². The lowest BCUT2D eigenvalue weighted by Crippen LogP contribution is -2.54. The summed E-state index contributed by atoms with van der Waals surface area (Å²) >= 11 is 0. The number of aliphatic hydroxyl groups is 1. The van der Waals surface area contributed by atoms with Crippen molar-refractivity contribution >= 4 is 0 Å². The van der Waals surface area contributed by atoms with Crippen molar-refractivity contribution in [2.75, 3.05) is 46.4 Å². The van der Waals surface area contributed by atoms with Crippen molar-refractivity contribution < 1.29 is 18.6 Å². The highest BCUT2D eigenvalue weighted by atomic mass is 19.1. The molecule has 23 heavy (non-hydrogen) atoms. The van der Waals surface area contributed by atoms with Crippen molar-refractivity contribution in [3.05, 3.63) is 35.4 Å². The van der Waals surface area contributed by atoms with Gasteiger partial charge in [-0.3, -0.25) is 9.80 Å². The largest absolute Gasteiger partial charge is 0.387 e. The van der Waals surface area contributed by atoms with Gasteiger partial charge in [-0.05, 0) is 12.5 Å². The first kappa shape index (κ1) is 18.3. The summed E-state index contributed by atoms with van der Waals surface area (Å²) in [6.45, 7) is 6.67. The first-order valence-corrected chi connectivity index (χ1v) is 8.13. The molecule has 0 aliphatic carbocycles. The van der Waals surface area contributed by atoms with Crippen LogP contribution in [0.5, 0.6) is 0 Å². The number of ether oxygens (including phenoxy) is 1. The average Bonchev–Trinajstić information content (AvgIpc) is 2.53. The Balaban J connectivity index is 1.93. The van der Waals surface area contributed by atoms with Crippen molar-refractivity contribution in [3.63, 3.8) is 0 Å². The summed E-state index contributed by atoms with van der Waals surface area (Å²) in [5.41, 5.74) is 0.154. The lowest BCUT2D eigenvalue weighted by molar-refractivity contribution is 0.0253. The highest BCUT2D eigenvalue weighted by Crippen LogP contribution is 2.21. The summed E-state index contributed by atoms with van der Waals surface area (Å²) in [5.74, 6) is -1.32. The minimum atomic E-state index is -0.946. The van der Waals surface area contributed by atoms with Crippen LogP contribution in [0.15, 0.2) is 18.2 Å². The SMILES string of the molecule is CCC1CN(CC(O)c2ccc(F)cc2F)CCN1CCOC. The Kier molecular flexibility index (Phi) is 6.89. The minimum absolute atomic E-state index is 0.154. The molecule has 0 amide bonds. The van der Waals surface area contributed by atoms with Gasteiger partial charge < -0.3 is 9.84 Å². The summed E-state index contributed by atoms with van der Waals surface area (Å²) in [5, 5.41) is 10.3. The van der Waals surface area contributed by atoms with Crippen LogP contribution in [-0.4, -0.2) is 67.4 Å². The molecule has 4 nitrogen and oxygen atoms in total. The first-order valence-electron chi connectivity index (χ1n) is 8.13. The highest BCUT2D eigenvalue weighted by molar-refractivity contribution is 5.21. The zero-order valence-electron chi connectivity index (χ0n) is 13.8. The second-order valence-electron chi connectivity index (χ2n) is 6.03. The zero-order chi connectivity index (χ0) is 16.8. The Hall–Kier alpha value is -1.08. The second kappa shape index (κ2) is 8.68. The van der Waals surface area contributed by atoms with Crippen molar-refractivity contribution in [1.82, 2.24) is 9.80 Å². The number of halogens is 2. The van der Waals surface area contributed by atoms with Gasteiger partial charge in [0.1, 0.15) is 11.6 Å². The third kappa shape index (κ3) is 4.94. The van der Waals surface area contributed by atoms with Gasteiger partial charge in [-0.2, -0.15) is 0 Å². The maximum Gasteiger partial charge on any atom is 0.131 e. The highest BCUT2D eigenvalue weighted by Gasteiger charge is 2.27. The fourth-order valence-electron chi connectivity index (χ4n) is 3.13. The molecule has 6 heteroatoms. The van der Waals surface area contributed by atoms with Gasteiger partial charge >= 0.3 is 0 Å². The van der Waals surface area contributed by atoms with Gasteiger partial charge in [0, 0.05) is 57.5 Å². The van der Waals surface area contributed by atoms with Gasteiger partial charge in [0.05, 0.1) is 12.7 Å². The van der Waals surface area contributed by atoms with Crippen molar-refractivity contribution in [2.45, 2.75) is 25.5 Å². The molecule has 2 rings (SSSR count). The van der Waals surface area contributed by atoms with E-state index in [9.17, 15) is 13.9 Å². The predicted octanol–water partition coefficient (Wildman–Crippen LogP) is 2.04. The molecule has 1 aromatic rings. The van der Waals surface area contributed by atoms with Gasteiger partial charge in [-0.1, -0.05) is 13.0 Å². The lowest BCUT2D eigenvalue weighted by Gasteiger charge is -2.41. The van der Waals surface area contributed by atoms with E-state index in [0.717, 1.165) is 38.7 Å². The Labute approximate surface area is 136 Å². The molecule has 1 aromatic carbocycles. The third-order valence-electron chi connectivity index (χ3n) is 4.50. The third-order valence-corrected chi connectivity index (χ3v) is 4.50. The number of rotatable bonds is 7. The molecule has 1 saturated heterocycles. The van der Waals surface area contributed by atoms with E-state index in [2.05, 4.69) is 16.7 Å². The van der Waals surface area contributed by atoms with E-state index in [4.69, 9.17) is 4.74 Å². The summed E-state index contributed by atoms with van der Waals surface area (Å²) in [7, 11) is 1.70. The van der Waals surface area contributed by atoms with Crippen LogP contribution in [0.1, 0.15) is 25.0 Å². The summed E-state index contributed by atoms with van der Waals surface area (Å²) in [6, 6.07) is 3.72. The van der Waals surface area contributed by atoms with Gasteiger partial charge in [-0.15, -0.1) is 0 Å². The summed E-state index contributed by atoms with van der Waals surface area (Å²) in [6.07, 6.45) is 0.0694. The van der Waals surface area contributed by atoms with Crippen molar-refractivity contribution in [3.8, 4) is 0 Å². The number of benzene rings is 1. The molecular formula is C17H26F2N2O2. The Morgan fingerprint density at radius 2 is 2.13 bits per heavy atom. The Bertz CT molecular complexity index is 501. The van der Waals surface area contributed by atoms with Crippen LogP contribution in [-0.2, 0) is 4.74 Å². The maximum absolute atomic E-state index is 13.8. The van der Waals surface area contributed by atoms with Gasteiger partial charge in [0.25, 0.3) is 0 Å². The zero-order valence-corrected chi connectivity index (χ0v) is 13.8. The summed E-state index contributed by atoms with van der Waals surface area (Å²) < 4.78 is 31.9. The molecule has 1 heterocycles. The van der Waals surface area contributed by atoms with E-state index < -0.39 is 17.7 Å². The fourth-order valence-corrected chi connectivity index (χ4v) is 3.13. The topological polar surface area (TPSA) is 35.9 Å². The predicted molar refractivity (Wildman–Crippen MR) is 85.3 cm³/mol. The average molecular weight is 328 g/mol. The lowest BCUT2D eigenvalue weighted by atomic mass is 10.1. The van der Waals surface area contributed by atoms with Crippen molar-refractivity contribution in [2.24, 2.45) is 0 Å². The molecule has 0 aromatic heterocycles. The fraction of sp³-hybridized carbons (Fsp3) is 0.647. The monoisotopic (exact) mass is 328 g/mol. The number of aliphatic hydroxyl groups excluding tert-OH is 1. The van der Waals surface area contributed by atoms with E-state index in [-0.39, 0.29) is 5.56 Å². The molecule has 130 valence electrons. The van der Waals surface area contributed by atoms with Gasteiger partial charge in [-0.25, -0.2) is 8.78 Å². The Morgan fingerprint density at radius 3 is 2.78 bits per heavy atom. The van der Waals surface area contributed by atoms with E-state index in [1.54, 1.807) is 7.11 Å². The summed E-state index contributed by atoms with van der Waals surface area (Å²) in [4.78, 5) is 4.54. The molecule has 1 aliphatic rings. The number of methoxy groups -OCH3 is 1. The second-order valence-corrected chi connectivity index (χ2v) is 6.03. The van der Waals surface area contributed by atoms with Crippen LogP contribution < -0.4 is 0 Å². The van der Waals surface area contributed by atoms with Gasteiger partial charge in [0.15, 0.2) is 0 Å². The molecule has 1 fully saturated rings. The molecule has 0 spiro atoms. The van der Waals surface area contributed by atoms with Crippen LogP contribution in [0, 0.1) is 11.6 Å². The van der Waals surface area contributed by atoms with Crippen LogP contribution >= 0.6 is 0 Å². The number of nitrogens with zero attached hydrogens (tertiary/aromatic N) is 2. The molecule has 0 radical (unpaired) electrons. The van der Waals surface area contributed by atoms with Crippen LogP contribution in [0.25, 0.3) is 0 Å². The number of β-amino-alcohol motifs (C(OH)–C–C–N with tert-alkyl or cyclic N) is 1. The van der Waals surface area contributed by atoms with E-state index >= 15 is 0 Å². The molecule has 0 bridgehead atoms. The maximum atomic E-state index is 13.8. The standard InChI is InChI=1S/C17H26F2N2O2/c1-3-14-11-20(6-7-21(14)8-9-23-2)12-17(22)15-5-4-13(18)10-16(15)19/h4-5,10,14,17,22H,3,6-9,11-12H2,1-2H3. The smallest absolute Gasteiger partial charge is 0.131 e. The molecule has 0 saturated carbocycles.